The van der Waals surface area contributed by atoms with Crippen molar-refractivity contribution >= 4 is 11.6 Å². The summed E-state index contributed by atoms with van der Waals surface area (Å²) in [6, 6.07) is 0.342. The quantitative estimate of drug-likeness (QED) is 0.728. The molecule has 0 unspecified atom stereocenters. The molecule has 0 aromatic carbocycles. The smallest absolute Gasteiger partial charge is 0.225 e. The summed E-state index contributed by atoms with van der Waals surface area (Å²) < 4.78 is 1.96. The molecule has 0 saturated carbocycles. The number of aromatic nitrogens is 3. The van der Waals surface area contributed by atoms with Crippen molar-refractivity contribution in [2.75, 3.05) is 0 Å². The third kappa shape index (κ3) is 1.78. The molecule has 0 radical (unpaired) electrons. The molecule has 0 aliphatic heterocycles. The summed E-state index contributed by atoms with van der Waals surface area (Å²) >= 11 is 5.87. The fourth-order valence-electron chi connectivity index (χ4n) is 1.21. The molecule has 0 saturated heterocycles. The number of halogens is 1. The van der Waals surface area contributed by atoms with Crippen molar-refractivity contribution in [2.45, 2.75) is 39.7 Å². The Balaban J connectivity index is 2.95. The van der Waals surface area contributed by atoms with Crippen LogP contribution in [0.25, 0.3) is 0 Å². The van der Waals surface area contributed by atoms with Crippen LogP contribution in [0, 0.1) is 0 Å². The number of rotatable bonds is 3. The Morgan fingerprint density at radius 3 is 2.58 bits per heavy atom. The van der Waals surface area contributed by atoms with Gasteiger partial charge in [0.2, 0.25) is 5.28 Å². The molecule has 0 aliphatic carbocycles. The summed E-state index contributed by atoms with van der Waals surface area (Å²) in [5.74, 6) is 0.984. The van der Waals surface area contributed by atoms with Gasteiger partial charge in [-0.1, -0.05) is 6.92 Å². The Morgan fingerprint density at radius 2 is 2.08 bits per heavy atom. The van der Waals surface area contributed by atoms with Gasteiger partial charge in [-0.25, -0.2) is 0 Å². The molecule has 4 heteroatoms. The van der Waals surface area contributed by atoms with Crippen molar-refractivity contribution in [1.82, 2.24) is 14.8 Å². The molecule has 68 valence electrons. The molecule has 1 rings (SSSR count). The third-order valence-corrected chi connectivity index (χ3v) is 1.97. The van der Waals surface area contributed by atoms with E-state index in [4.69, 9.17) is 11.6 Å². The molecule has 0 bridgehead atoms. The lowest BCUT2D eigenvalue weighted by molar-refractivity contribution is 0.564. The average molecular weight is 188 g/mol. The van der Waals surface area contributed by atoms with Gasteiger partial charge < -0.3 is 0 Å². The summed E-state index contributed by atoms with van der Waals surface area (Å²) in [5, 5.41) is 8.34. The molecule has 1 aromatic heterocycles. The van der Waals surface area contributed by atoms with Crippen molar-refractivity contribution < 1.29 is 0 Å². The van der Waals surface area contributed by atoms with Crippen molar-refractivity contribution in [3.05, 3.63) is 11.1 Å². The van der Waals surface area contributed by atoms with E-state index >= 15 is 0 Å². The van der Waals surface area contributed by atoms with Crippen LogP contribution < -0.4 is 0 Å². The van der Waals surface area contributed by atoms with Crippen LogP contribution in [0.1, 0.15) is 39.1 Å². The van der Waals surface area contributed by atoms with E-state index in [0.717, 1.165) is 18.7 Å². The summed E-state index contributed by atoms with van der Waals surface area (Å²) in [4.78, 5) is 0. The van der Waals surface area contributed by atoms with Crippen LogP contribution in [0.2, 0.25) is 5.28 Å². The first-order valence-corrected chi connectivity index (χ1v) is 4.63. The van der Waals surface area contributed by atoms with Crippen molar-refractivity contribution in [1.29, 1.82) is 0 Å². The lowest BCUT2D eigenvalue weighted by Crippen LogP contribution is -2.06. The highest BCUT2D eigenvalue weighted by atomic mass is 35.5. The van der Waals surface area contributed by atoms with Crippen molar-refractivity contribution in [3.63, 3.8) is 0 Å². The molecule has 3 nitrogen and oxygen atoms in total. The van der Waals surface area contributed by atoms with Crippen LogP contribution in [0.3, 0.4) is 0 Å². The topological polar surface area (TPSA) is 30.7 Å². The Kier molecular flexibility index (Phi) is 3.09. The number of aryl methyl sites for hydroxylation is 1. The minimum absolute atomic E-state index is 0.342. The second kappa shape index (κ2) is 3.90. The largest absolute Gasteiger partial charge is 0.299 e. The predicted molar refractivity (Wildman–Crippen MR) is 49.4 cm³/mol. The average Bonchev–Trinajstić information content (AvgIpc) is 2.32. The zero-order valence-corrected chi connectivity index (χ0v) is 8.47. The van der Waals surface area contributed by atoms with Crippen molar-refractivity contribution in [2.24, 2.45) is 0 Å². The van der Waals surface area contributed by atoms with E-state index in [2.05, 4.69) is 31.0 Å². The Bertz CT molecular complexity index is 255. The zero-order valence-electron chi connectivity index (χ0n) is 7.71. The summed E-state index contributed by atoms with van der Waals surface area (Å²) in [7, 11) is 0. The summed E-state index contributed by atoms with van der Waals surface area (Å²) in [6.07, 6.45) is 2.01. The third-order valence-electron chi connectivity index (χ3n) is 1.71. The monoisotopic (exact) mass is 187 g/mol. The van der Waals surface area contributed by atoms with Gasteiger partial charge in [0.1, 0.15) is 5.82 Å². The van der Waals surface area contributed by atoms with E-state index in [1.54, 1.807) is 0 Å². The standard InChI is InChI=1S/C8H14ClN3/c1-4-5-7-10-11-8(9)12(7)6(2)3/h6H,4-5H2,1-3H3. The van der Waals surface area contributed by atoms with Crippen LogP contribution in [0.15, 0.2) is 0 Å². The van der Waals surface area contributed by atoms with Crippen LogP contribution in [-0.4, -0.2) is 14.8 Å². The first-order valence-electron chi connectivity index (χ1n) is 4.26. The molecule has 0 fully saturated rings. The Hall–Kier alpha value is -0.570. The molecule has 0 N–H and O–H groups in total. The van der Waals surface area contributed by atoms with Crippen LogP contribution in [-0.2, 0) is 6.42 Å². The molecule has 1 aromatic rings. The minimum atomic E-state index is 0.342. The normalized spacial score (nSPS) is 11.1. The maximum absolute atomic E-state index is 5.87. The first kappa shape index (κ1) is 9.52. The molecular weight excluding hydrogens is 174 g/mol. The van der Waals surface area contributed by atoms with E-state index in [1.165, 1.54) is 0 Å². The maximum Gasteiger partial charge on any atom is 0.225 e. The molecule has 0 amide bonds. The van der Waals surface area contributed by atoms with Crippen LogP contribution >= 0.6 is 11.6 Å². The van der Waals surface area contributed by atoms with Gasteiger partial charge in [-0.3, -0.25) is 4.57 Å². The van der Waals surface area contributed by atoms with E-state index < -0.39 is 0 Å². The summed E-state index contributed by atoms with van der Waals surface area (Å²) in [6.45, 7) is 6.27. The van der Waals surface area contributed by atoms with Crippen molar-refractivity contribution in [3.8, 4) is 0 Å². The number of nitrogens with zero attached hydrogens (tertiary/aromatic N) is 3. The van der Waals surface area contributed by atoms with Gasteiger partial charge in [-0.2, -0.15) is 0 Å². The highest BCUT2D eigenvalue weighted by molar-refractivity contribution is 6.28. The van der Waals surface area contributed by atoms with Gasteiger partial charge in [-0.15, -0.1) is 10.2 Å². The van der Waals surface area contributed by atoms with E-state index in [0.29, 0.717) is 11.3 Å². The fraction of sp³-hybridized carbons (Fsp3) is 0.750. The predicted octanol–water partition coefficient (Wildman–Crippen LogP) is 2.46. The SMILES string of the molecule is CCCc1nnc(Cl)n1C(C)C. The van der Waals surface area contributed by atoms with E-state index in [1.807, 2.05) is 4.57 Å². The highest BCUT2D eigenvalue weighted by Gasteiger charge is 2.11. The highest BCUT2D eigenvalue weighted by Crippen LogP contribution is 2.16. The number of hydrogen-bond acceptors (Lipinski definition) is 2. The van der Waals surface area contributed by atoms with Gasteiger partial charge in [0.25, 0.3) is 0 Å². The van der Waals surface area contributed by atoms with E-state index in [9.17, 15) is 0 Å². The molecule has 0 aliphatic rings. The van der Waals surface area contributed by atoms with Crippen LogP contribution in [0.4, 0.5) is 0 Å². The molecule has 1 heterocycles. The van der Waals surface area contributed by atoms with Gasteiger partial charge in [0.15, 0.2) is 0 Å². The fourth-order valence-corrected chi connectivity index (χ4v) is 1.54. The second-order valence-electron chi connectivity index (χ2n) is 3.10. The molecule has 0 atom stereocenters. The lowest BCUT2D eigenvalue weighted by atomic mass is 10.3. The van der Waals surface area contributed by atoms with Gasteiger partial charge >= 0.3 is 0 Å². The second-order valence-corrected chi connectivity index (χ2v) is 3.44. The van der Waals surface area contributed by atoms with Gasteiger partial charge in [-0.05, 0) is 31.9 Å². The minimum Gasteiger partial charge on any atom is -0.299 e. The lowest BCUT2D eigenvalue weighted by Gasteiger charge is -2.10. The van der Waals surface area contributed by atoms with Gasteiger partial charge in [0.05, 0.1) is 0 Å². The molecule has 0 spiro atoms. The zero-order chi connectivity index (χ0) is 9.14. The Labute approximate surface area is 77.8 Å². The van der Waals surface area contributed by atoms with Gasteiger partial charge in [0, 0.05) is 12.5 Å². The maximum atomic E-state index is 5.87. The first-order chi connectivity index (χ1) is 5.66. The summed E-state index contributed by atoms with van der Waals surface area (Å²) in [5.41, 5.74) is 0. The molecular formula is C8H14ClN3. The number of hydrogen-bond donors (Lipinski definition) is 0. The Morgan fingerprint density at radius 1 is 1.42 bits per heavy atom. The van der Waals surface area contributed by atoms with E-state index in [-0.39, 0.29) is 0 Å². The van der Waals surface area contributed by atoms with Crippen LogP contribution in [0.5, 0.6) is 0 Å². The molecule has 12 heavy (non-hydrogen) atoms.